The molecule has 0 atom stereocenters. The van der Waals surface area contributed by atoms with Crippen molar-refractivity contribution in [2.75, 3.05) is 5.32 Å². The van der Waals surface area contributed by atoms with Crippen LogP contribution in [0.25, 0.3) is 11.0 Å². The minimum absolute atomic E-state index is 0.00209. The summed E-state index contributed by atoms with van der Waals surface area (Å²) in [6.45, 7) is -0.00209. The molecule has 0 aliphatic rings. The summed E-state index contributed by atoms with van der Waals surface area (Å²) in [6.07, 6.45) is 0. The van der Waals surface area contributed by atoms with Gasteiger partial charge < -0.3 is 5.32 Å². The van der Waals surface area contributed by atoms with Crippen LogP contribution in [-0.4, -0.2) is 20.9 Å². The van der Waals surface area contributed by atoms with Crippen LogP contribution in [0.5, 0.6) is 0 Å². The van der Waals surface area contributed by atoms with E-state index < -0.39 is 0 Å². The second-order valence-corrected chi connectivity index (χ2v) is 5.02. The van der Waals surface area contributed by atoms with Crippen LogP contribution in [0.2, 0.25) is 5.02 Å². The third kappa shape index (κ3) is 2.75. The Balaban J connectivity index is 1.81. The Kier molecular flexibility index (Phi) is 3.73. The highest BCUT2D eigenvalue weighted by Crippen LogP contribution is 2.20. The molecular weight excluding hydrogens is 302 g/mol. The maximum atomic E-state index is 12.2. The first kappa shape index (κ1) is 14.0. The van der Waals surface area contributed by atoms with Crippen molar-refractivity contribution in [1.82, 2.24) is 15.0 Å². The van der Waals surface area contributed by atoms with Gasteiger partial charge in [-0.3, -0.25) is 4.79 Å². The monoisotopic (exact) mass is 311 g/mol. The number of para-hydroxylation sites is 1. The van der Waals surface area contributed by atoms with Crippen LogP contribution in [-0.2, 0) is 11.3 Å². The molecule has 2 aromatic carbocycles. The van der Waals surface area contributed by atoms with Gasteiger partial charge >= 0.3 is 0 Å². The lowest BCUT2D eigenvalue weighted by molar-refractivity contribution is -0.116. The molecule has 1 heterocycles. The molecule has 22 heavy (non-hydrogen) atoms. The van der Waals surface area contributed by atoms with Crippen LogP contribution in [0.3, 0.4) is 0 Å². The first-order chi connectivity index (χ1) is 10.7. The van der Waals surface area contributed by atoms with Crippen molar-refractivity contribution < 1.29 is 4.79 Å². The minimum atomic E-state index is -0.311. The number of nitrogens with zero attached hydrogens (tertiary/aromatic N) is 4. The molecule has 108 valence electrons. The zero-order chi connectivity index (χ0) is 15.5. The third-order valence-corrected chi connectivity index (χ3v) is 3.32. The summed E-state index contributed by atoms with van der Waals surface area (Å²) < 4.78 is 1.50. The number of rotatable bonds is 3. The highest BCUT2D eigenvalue weighted by molar-refractivity contribution is 6.31. The van der Waals surface area contributed by atoms with Gasteiger partial charge in [-0.05, 0) is 30.3 Å². The SMILES string of the molecule is N#Cc1ccc(Cl)cc1NC(=O)Cn1nnc2ccccc21. The summed E-state index contributed by atoms with van der Waals surface area (Å²) in [5.41, 5.74) is 2.21. The lowest BCUT2D eigenvalue weighted by Crippen LogP contribution is -2.20. The number of carbonyl (C=O) groups excluding carboxylic acids is 1. The van der Waals surface area contributed by atoms with Crippen LogP contribution < -0.4 is 5.32 Å². The predicted octanol–water partition coefficient (Wildman–Crippen LogP) is 2.60. The summed E-state index contributed by atoms with van der Waals surface area (Å²) in [7, 11) is 0. The van der Waals surface area contributed by atoms with Gasteiger partial charge in [-0.25, -0.2) is 4.68 Å². The Hall–Kier alpha value is -2.91. The molecule has 3 aromatic rings. The van der Waals surface area contributed by atoms with Crippen molar-refractivity contribution in [3.05, 3.63) is 53.1 Å². The van der Waals surface area contributed by atoms with Gasteiger partial charge in [0.2, 0.25) is 5.91 Å². The van der Waals surface area contributed by atoms with Gasteiger partial charge in [-0.15, -0.1) is 5.10 Å². The largest absolute Gasteiger partial charge is 0.323 e. The lowest BCUT2D eigenvalue weighted by Gasteiger charge is -2.07. The Bertz CT molecular complexity index is 896. The van der Waals surface area contributed by atoms with Gasteiger partial charge in [-0.2, -0.15) is 5.26 Å². The average molecular weight is 312 g/mol. The maximum absolute atomic E-state index is 12.2. The van der Waals surface area contributed by atoms with E-state index in [0.717, 1.165) is 11.0 Å². The number of fused-ring (bicyclic) bond motifs is 1. The van der Waals surface area contributed by atoms with Crippen molar-refractivity contribution in [3.8, 4) is 6.07 Å². The van der Waals surface area contributed by atoms with Crippen LogP contribution in [0.15, 0.2) is 42.5 Å². The lowest BCUT2D eigenvalue weighted by atomic mass is 10.2. The van der Waals surface area contributed by atoms with Crippen molar-refractivity contribution in [2.45, 2.75) is 6.54 Å². The molecule has 0 saturated carbocycles. The van der Waals surface area contributed by atoms with Crippen LogP contribution in [0.4, 0.5) is 5.69 Å². The molecule has 1 N–H and O–H groups in total. The number of halogens is 1. The number of hydrogen-bond donors (Lipinski definition) is 1. The van der Waals surface area contributed by atoms with E-state index in [0.29, 0.717) is 16.3 Å². The molecule has 0 fully saturated rings. The molecule has 0 aliphatic heterocycles. The standard InChI is InChI=1S/C15H10ClN5O/c16-11-6-5-10(8-17)13(7-11)18-15(22)9-21-14-4-2-1-3-12(14)19-20-21/h1-7H,9H2,(H,18,22). The number of anilines is 1. The molecule has 3 rings (SSSR count). The summed E-state index contributed by atoms with van der Waals surface area (Å²) in [6, 6.07) is 14.1. The Labute approximate surface area is 130 Å². The number of carbonyl (C=O) groups is 1. The van der Waals surface area contributed by atoms with Crippen molar-refractivity contribution in [3.63, 3.8) is 0 Å². The molecule has 6 nitrogen and oxygen atoms in total. The maximum Gasteiger partial charge on any atom is 0.246 e. The molecule has 0 unspecified atom stereocenters. The van der Waals surface area contributed by atoms with Gasteiger partial charge in [0.1, 0.15) is 18.1 Å². The second kappa shape index (κ2) is 5.84. The topological polar surface area (TPSA) is 83.6 Å². The predicted molar refractivity (Wildman–Crippen MR) is 82.3 cm³/mol. The summed E-state index contributed by atoms with van der Waals surface area (Å²) >= 11 is 5.89. The van der Waals surface area contributed by atoms with Gasteiger partial charge in [0.25, 0.3) is 0 Å². The van der Waals surface area contributed by atoms with E-state index >= 15 is 0 Å². The van der Waals surface area contributed by atoms with Crippen molar-refractivity contribution in [1.29, 1.82) is 5.26 Å². The van der Waals surface area contributed by atoms with Gasteiger partial charge in [-0.1, -0.05) is 28.9 Å². The highest BCUT2D eigenvalue weighted by Gasteiger charge is 2.11. The van der Waals surface area contributed by atoms with Gasteiger partial charge in [0, 0.05) is 5.02 Å². The van der Waals surface area contributed by atoms with Crippen LogP contribution >= 0.6 is 11.6 Å². The van der Waals surface area contributed by atoms with Crippen molar-refractivity contribution in [2.24, 2.45) is 0 Å². The van der Waals surface area contributed by atoms with E-state index in [1.807, 2.05) is 30.3 Å². The van der Waals surface area contributed by atoms with E-state index in [4.69, 9.17) is 16.9 Å². The highest BCUT2D eigenvalue weighted by atomic mass is 35.5. The zero-order valence-electron chi connectivity index (χ0n) is 11.3. The third-order valence-electron chi connectivity index (χ3n) is 3.09. The molecular formula is C15H10ClN5O. The molecule has 1 amide bonds. The average Bonchev–Trinajstić information content (AvgIpc) is 2.91. The number of nitrogens with one attached hydrogen (secondary N) is 1. The molecule has 0 bridgehead atoms. The molecule has 0 spiro atoms. The number of hydrogen-bond acceptors (Lipinski definition) is 4. The van der Waals surface area contributed by atoms with E-state index in [9.17, 15) is 4.79 Å². The normalized spacial score (nSPS) is 10.4. The minimum Gasteiger partial charge on any atom is -0.323 e. The second-order valence-electron chi connectivity index (χ2n) is 4.59. The van der Waals surface area contributed by atoms with Crippen molar-refractivity contribution >= 4 is 34.2 Å². The number of nitriles is 1. The van der Waals surface area contributed by atoms with E-state index in [-0.39, 0.29) is 12.5 Å². The van der Waals surface area contributed by atoms with E-state index in [2.05, 4.69) is 15.6 Å². The fourth-order valence-electron chi connectivity index (χ4n) is 2.08. The van der Waals surface area contributed by atoms with Crippen LogP contribution in [0.1, 0.15) is 5.56 Å². The Morgan fingerprint density at radius 1 is 1.32 bits per heavy atom. The first-order valence-corrected chi connectivity index (χ1v) is 6.83. The van der Waals surface area contributed by atoms with Gasteiger partial charge in [0.05, 0.1) is 16.8 Å². The smallest absolute Gasteiger partial charge is 0.246 e. The molecule has 0 aliphatic carbocycles. The molecule has 0 radical (unpaired) electrons. The number of benzene rings is 2. The summed E-state index contributed by atoms with van der Waals surface area (Å²) in [4.78, 5) is 12.2. The van der Waals surface area contributed by atoms with Crippen LogP contribution in [0, 0.1) is 11.3 Å². The fourth-order valence-corrected chi connectivity index (χ4v) is 2.25. The van der Waals surface area contributed by atoms with E-state index in [1.54, 1.807) is 12.1 Å². The molecule has 1 aromatic heterocycles. The number of aromatic nitrogens is 3. The Morgan fingerprint density at radius 2 is 2.14 bits per heavy atom. The fraction of sp³-hybridized carbons (Fsp3) is 0.0667. The zero-order valence-corrected chi connectivity index (χ0v) is 12.1. The summed E-state index contributed by atoms with van der Waals surface area (Å²) in [5.74, 6) is -0.311. The molecule has 0 saturated heterocycles. The first-order valence-electron chi connectivity index (χ1n) is 6.45. The number of amides is 1. The quantitative estimate of drug-likeness (QED) is 0.805. The van der Waals surface area contributed by atoms with Gasteiger partial charge in [0.15, 0.2) is 0 Å². The molecule has 7 heteroatoms. The van der Waals surface area contributed by atoms with E-state index in [1.165, 1.54) is 10.7 Å². The Morgan fingerprint density at radius 3 is 2.95 bits per heavy atom. The summed E-state index contributed by atoms with van der Waals surface area (Å²) in [5, 5.41) is 20.1.